The number of aliphatic carboxylic acids is 1. The molecule has 0 bridgehead atoms. The van der Waals surface area contributed by atoms with Crippen LogP contribution < -0.4 is 10.1 Å². The van der Waals surface area contributed by atoms with E-state index in [1.54, 1.807) is 0 Å². The van der Waals surface area contributed by atoms with Crippen LogP contribution in [-0.2, 0) is 17.8 Å². The highest BCUT2D eigenvalue weighted by Crippen LogP contribution is 2.17. The van der Waals surface area contributed by atoms with E-state index in [-0.39, 0.29) is 12.6 Å². The SMILES string of the molecule is C#CNc1cccc(COc2ccc(C[C@@H](C)N(C)CC(=O)O)cc2)c1. The summed E-state index contributed by atoms with van der Waals surface area (Å²) in [4.78, 5) is 12.6. The molecular weight excluding hydrogens is 328 g/mol. The van der Waals surface area contributed by atoms with E-state index >= 15 is 0 Å². The van der Waals surface area contributed by atoms with E-state index in [2.05, 4.69) is 11.4 Å². The largest absolute Gasteiger partial charge is 0.489 e. The maximum atomic E-state index is 10.8. The van der Waals surface area contributed by atoms with Crippen LogP contribution in [-0.4, -0.2) is 35.6 Å². The monoisotopic (exact) mass is 352 g/mol. The lowest BCUT2D eigenvalue weighted by molar-refractivity contribution is -0.138. The van der Waals surface area contributed by atoms with Crippen molar-refractivity contribution in [3.63, 3.8) is 0 Å². The maximum absolute atomic E-state index is 10.8. The minimum Gasteiger partial charge on any atom is -0.489 e. The molecule has 0 heterocycles. The molecule has 2 rings (SSSR count). The number of hydrogen-bond acceptors (Lipinski definition) is 4. The van der Waals surface area contributed by atoms with Crippen molar-refractivity contribution in [3.05, 3.63) is 59.7 Å². The van der Waals surface area contributed by atoms with Gasteiger partial charge in [-0.05, 0) is 55.8 Å². The van der Waals surface area contributed by atoms with Crippen molar-refractivity contribution >= 4 is 11.7 Å². The number of rotatable bonds is 9. The smallest absolute Gasteiger partial charge is 0.317 e. The fourth-order valence-corrected chi connectivity index (χ4v) is 2.58. The molecule has 0 amide bonds. The Morgan fingerprint density at radius 2 is 2.00 bits per heavy atom. The van der Waals surface area contributed by atoms with Gasteiger partial charge in [-0.15, -0.1) is 0 Å². The molecule has 0 aliphatic heterocycles. The molecule has 0 radical (unpaired) electrons. The third-order valence-electron chi connectivity index (χ3n) is 4.14. The molecule has 0 aromatic heterocycles. The first kappa shape index (κ1) is 19.4. The van der Waals surface area contributed by atoms with Crippen molar-refractivity contribution in [1.29, 1.82) is 0 Å². The van der Waals surface area contributed by atoms with E-state index in [9.17, 15) is 4.79 Å². The molecule has 0 unspecified atom stereocenters. The zero-order valence-corrected chi connectivity index (χ0v) is 15.1. The quantitative estimate of drug-likeness (QED) is 0.536. The van der Waals surface area contributed by atoms with Crippen LogP contribution in [0, 0.1) is 12.5 Å². The maximum Gasteiger partial charge on any atom is 0.317 e. The predicted molar refractivity (Wildman–Crippen MR) is 103 cm³/mol. The van der Waals surface area contributed by atoms with E-state index in [1.165, 1.54) is 0 Å². The topological polar surface area (TPSA) is 61.8 Å². The van der Waals surface area contributed by atoms with E-state index in [0.717, 1.165) is 29.0 Å². The highest BCUT2D eigenvalue weighted by Gasteiger charge is 2.12. The van der Waals surface area contributed by atoms with Gasteiger partial charge < -0.3 is 15.2 Å². The van der Waals surface area contributed by atoms with Gasteiger partial charge in [-0.1, -0.05) is 30.7 Å². The Hall–Kier alpha value is -2.97. The molecule has 5 nitrogen and oxygen atoms in total. The Kier molecular flexibility index (Phi) is 7.07. The summed E-state index contributed by atoms with van der Waals surface area (Å²) in [6.07, 6.45) is 6.02. The summed E-state index contributed by atoms with van der Waals surface area (Å²) in [7, 11) is 1.82. The van der Waals surface area contributed by atoms with Gasteiger partial charge in [-0.25, -0.2) is 0 Å². The molecule has 0 saturated heterocycles. The van der Waals surface area contributed by atoms with E-state index < -0.39 is 5.97 Å². The Morgan fingerprint density at radius 1 is 1.27 bits per heavy atom. The molecule has 2 N–H and O–H groups in total. The van der Waals surface area contributed by atoms with Gasteiger partial charge in [-0.3, -0.25) is 9.69 Å². The molecule has 0 saturated carbocycles. The molecular formula is C21H24N2O3. The van der Waals surface area contributed by atoms with Crippen LogP contribution in [0.1, 0.15) is 18.1 Å². The average Bonchev–Trinajstić information content (AvgIpc) is 2.61. The van der Waals surface area contributed by atoms with Crippen molar-refractivity contribution in [2.45, 2.75) is 26.0 Å². The molecule has 0 fully saturated rings. The van der Waals surface area contributed by atoms with Crippen LogP contribution in [0.3, 0.4) is 0 Å². The summed E-state index contributed by atoms with van der Waals surface area (Å²) < 4.78 is 5.82. The second-order valence-electron chi connectivity index (χ2n) is 6.26. The number of nitrogens with zero attached hydrogens (tertiary/aromatic N) is 1. The van der Waals surface area contributed by atoms with E-state index in [0.29, 0.717) is 6.61 Å². The summed E-state index contributed by atoms with van der Waals surface area (Å²) >= 11 is 0. The van der Waals surface area contributed by atoms with Gasteiger partial charge in [0.05, 0.1) is 6.54 Å². The van der Waals surface area contributed by atoms with Crippen molar-refractivity contribution < 1.29 is 14.6 Å². The standard InChI is InChI=1S/C21H24N2O3/c1-4-22-19-7-5-6-18(13-19)15-26-20-10-8-17(9-11-20)12-16(2)23(3)14-21(24)25/h1,5-11,13,16,22H,12,14-15H2,2-3H3,(H,24,25)/t16-/m1/s1. The van der Waals surface area contributed by atoms with Crippen LogP contribution in [0.15, 0.2) is 48.5 Å². The number of likely N-dealkylation sites (N-methyl/N-ethyl adjacent to an activating group) is 1. The van der Waals surface area contributed by atoms with Crippen LogP contribution in [0.25, 0.3) is 0 Å². The second-order valence-corrected chi connectivity index (χ2v) is 6.26. The molecule has 5 heteroatoms. The Balaban J connectivity index is 1.88. The summed E-state index contributed by atoms with van der Waals surface area (Å²) in [6, 6.07) is 18.2. The number of carboxylic acids is 1. The van der Waals surface area contributed by atoms with Gasteiger partial charge in [0.1, 0.15) is 12.4 Å². The van der Waals surface area contributed by atoms with E-state index in [4.69, 9.17) is 16.3 Å². The number of benzene rings is 2. The second kappa shape index (κ2) is 9.50. The Morgan fingerprint density at radius 3 is 2.65 bits per heavy atom. The lowest BCUT2D eigenvalue weighted by atomic mass is 10.1. The molecule has 0 spiro atoms. The zero-order chi connectivity index (χ0) is 18.9. The van der Waals surface area contributed by atoms with Gasteiger partial charge in [0, 0.05) is 17.8 Å². The number of carbonyl (C=O) groups is 1. The van der Waals surface area contributed by atoms with Gasteiger partial charge in [0.2, 0.25) is 0 Å². The summed E-state index contributed by atoms with van der Waals surface area (Å²) in [5, 5.41) is 11.7. The normalized spacial score (nSPS) is 11.6. The number of hydrogen-bond donors (Lipinski definition) is 2. The highest BCUT2D eigenvalue weighted by molar-refractivity contribution is 5.69. The summed E-state index contributed by atoms with van der Waals surface area (Å²) in [5.41, 5.74) is 3.03. The summed E-state index contributed by atoms with van der Waals surface area (Å²) in [6.45, 7) is 2.51. The van der Waals surface area contributed by atoms with Crippen LogP contribution in [0.2, 0.25) is 0 Å². The van der Waals surface area contributed by atoms with Crippen molar-refractivity contribution in [2.75, 3.05) is 18.9 Å². The van der Waals surface area contributed by atoms with Crippen molar-refractivity contribution in [1.82, 2.24) is 4.90 Å². The molecule has 0 aliphatic rings. The van der Waals surface area contributed by atoms with Crippen molar-refractivity contribution in [2.24, 2.45) is 0 Å². The first-order valence-corrected chi connectivity index (χ1v) is 8.42. The van der Waals surface area contributed by atoms with Gasteiger partial charge in [-0.2, -0.15) is 0 Å². The molecule has 136 valence electrons. The molecule has 2 aromatic rings. The van der Waals surface area contributed by atoms with Crippen LogP contribution >= 0.6 is 0 Å². The van der Waals surface area contributed by atoms with E-state index in [1.807, 2.05) is 67.4 Å². The lowest BCUT2D eigenvalue weighted by Gasteiger charge is -2.22. The Bertz CT molecular complexity index is 766. The van der Waals surface area contributed by atoms with Gasteiger partial charge in [0.15, 0.2) is 0 Å². The number of terminal acetylenes is 1. The van der Waals surface area contributed by atoms with Gasteiger partial charge >= 0.3 is 5.97 Å². The summed E-state index contributed by atoms with van der Waals surface area (Å²) in [5.74, 6) is -0.0276. The van der Waals surface area contributed by atoms with Crippen LogP contribution in [0.4, 0.5) is 5.69 Å². The number of nitrogens with one attached hydrogen (secondary N) is 1. The number of anilines is 1. The molecule has 2 aromatic carbocycles. The minimum atomic E-state index is -0.815. The first-order valence-electron chi connectivity index (χ1n) is 8.42. The lowest BCUT2D eigenvalue weighted by Crippen LogP contribution is -2.35. The fourth-order valence-electron chi connectivity index (χ4n) is 2.58. The number of carboxylic acid groups (broad SMARTS) is 1. The fraction of sp³-hybridized carbons (Fsp3) is 0.286. The van der Waals surface area contributed by atoms with Crippen molar-refractivity contribution in [3.8, 4) is 18.2 Å². The number of ether oxygens (including phenoxy) is 1. The third-order valence-corrected chi connectivity index (χ3v) is 4.14. The molecule has 1 atom stereocenters. The zero-order valence-electron chi connectivity index (χ0n) is 15.1. The van der Waals surface area contributed by atoms with Crippen LogP contribution in [0.5, 0.6) is 5.75 Å². The average molecular weight is 352 g/mol. The van der Waals surface area contributed by atoms with Gasteiger partial charge in [0.25, 0.3) is 0 Å². The predicted octanol–water partition coefficient (Wildman–Crippen LogP) is 3.22. The highest BCUT2D eigenvalue weighted by atomic mass is 16.5. The third kappa shape index (κ3) is 6.15. The molecule has 26 heavy (non-hydrogen) atoms. The minimum absolute atomic E-state index is 0.0377. The molecule has 0 aliphatic carbocycles. The first-order chi connectivity index (χ1) is 12.5. The Labute approximate surface area is 154 Å².